The summed E-state index contributed by atoms with van der Waals surface area (Å²) in [4.78, 5) is 11.3. The maximum Gasteiger partial charge on any atom is 0.143 e. The Hall–Kier alpha value is -2.72. The molecule has 0 bridgehead atoms. The molecule has 2 aromatic carbocycles. The molecule has 0 radical (unpaired) electrons. The van der Waals surface area contributed by atoms with E-state index in [-0.39, 0.29) is 0 Å². The molecule has 25 heavy (non-hydrogen) atoms. The molecule has 2 aromatic heterocycles. The molecule has 0 atom stereocenters. The molecule has 124 valence electrons. The van der Waals surface area contributed by atoms with Crippen LogP contribution in [0.2, 0.25) is 0 Å². The fraction of sp³-hybridized carbons (Fsp3) is 0.143. The zero-order valence-corrected chi connectivity index (χ0v) is 15.3. The zero-order valence-electron chi connectivity index (χ0n) is 14.5. The van der Waals surface area contributed by atoms with E-state index in [1.807, 2.05) is 6.07 Å². The van der Waals surface area contributed by atoms with Crippen LogP contribution in [0, 0.1) is 20.8 Å². The first-order valence-electron chi connectivity index (χ1n) is 8.27. The van der Waals surface area contributed by atoms with Crippen LogP contribution < -0.4 is 5.32 Å². The number of hydrogen-bond donors (Lipinski definition) is 1. The smallest absolute Gasteiger partial charge is 0.143 e. The second-order valence-corrected chi connectivity index (χ2v) is 7.43. The molecule has 4 aromatic rings. The third-order valence-corrected chi connectivity index (χ3v) is 5.51. The number of aryl methyl sites for hydroxylation is 3. The average molecular weight is 345 g/mol. The van der Waals surface area contributed by atoms with Crippen LogP contribution in [-0.4, -0.2) is 9.97 Å². The topological polar surface area (TPSA) is 37.8 Å². The summed E-state index contributed by atoms with van der Waals surface area (Å²) in [5.41, 5.74) is 6.01. The molecule has 0 unspecified atom stereocenters. The Morgan fingerprint density at radius 1 is 0.880 bits per heavy atom. The summed E-state index contributed by atoms with van der Waals surface area (Å²) in [5.74, 6) is 0.858. The molecule has 2 heterocycles. The van der Waals surface area contributed by atoms with Gasteiger partial charge in [0.25, 0.3) is 0 Å². The highest BCUT2D eigenvalue weighted by atomic mass is 32.1. The lowest BCUT2D eigenvalue weighted by Gasteiger charge is -2.10. The van der Waals surface area contributed by atoms with Crippen LogP contribution in [0.1, 0.15) is 16.0 Å². The van der Waals surface area contributed by atoms with Gasteiger partial charge in [-0.1, -0.05) is 36.4 Å². The Morgan fingerprint density at radius 3 is 2.44 bits per heavy atom. The van der Waals surface area contributed by atoms with Crippen molar-refractivity contribution >= 4 is 33.1 Å². The highest BCUT2D eigenvalue weighted by Crippen LogP contribution is 2.40. The number of rotatable bonds is 3. The van der Waals surface area contributed by atoms with E-state index < -0.39 is 0 Å². The van der Waals surface area contributed by atoms with Crippen molar-refractivity contribution < 1.29 is 0 Å². The Kier molecular flexibility index (Phi) is 3.98. The maximum atomic E-state index is 4.54. The van der Waals surface area contributed by atoms with E-state index in [1.165, 1.54) is 27.1 Å². The predicted molar refractivity (Wildman–Crippen MR) is 107 cm³/mol. The first-order chi connectivity index (χ1) is 12.1. The monoisotopic (exact) mass is 345 g/mol. The molecule has 0 aliphatic rings. The third-order valence-electron chi connectivity index (χ3n) is 4.50. The zero-order chi connectivity index (χ0) is 17.4. The number of benzene rings is 2. The molecule has 0 spiro atoms. The number of nitrogens with one attached hydrogen (secondary N) is 1. The van der Waals surface area contributed by atoms with E-state index in [4.69, 9.17) is 0 Å². The fourth-order valence-electron chi connectivity index (χ4n) is 3.05. The Labute approximate surface area is 151 Å². The molecule has 0 fully saturated rings. The van der Waals surface area contributed by atoms with Gasteiger partial charge in [-0.15, -0.1) is 11.3 Å². The van der Waals surface area contributed by atoms with E-state index in [1.54, 1.807) is 17.7 Å². The van der Waals surface area contributed by atoms with Gasteiger partial charge in [0, 0.05) is 16.1 Å². The number of nitrogens with zero attached hydrogens (tertiary/aromatic N) is 2. The van der Waals surface area contributed by atoms with Crippen molar-refractivity contribution in [2.24, 2.45) is 0 Å². The Morgan fingerprint density at radius 2 is 1.68 bits per heavy atom. The molecule has 0 saturated heterocycles. The molecule has 0 saturated carbocycles. The van der Waals surface area contributed by atoms with Crippen molar-refractivity contribution in [3.8, 4) is 11.1 Å². The Bertz CT molecular complexity index is 1050. The van der Waals surface area contributed by atoms with E-state index in [0.717, 1.165) is 21.7 Å². The average Bonchev–Trinajstić information content (AvgIpc) is 2.96. The quantitative estimate of drug-likeness (QED) is 0.493. The SMILES string of the molecule is Cc1ccc(Nc2ncnc3sc(C)c(-c4ccccc4)c23)cc1C. The van der Waals surface area contributed by atoms with E-state index in [0.29, 0.717) is 0 Å². The summed E-state index contributed by atoms with van der Waals surface area (Å²) in [6.45, 7) is 6.40. The third kappa shape index (κ3) is 2.89. The van der Waals surface area contributed by atoms with Crippen LogP contribution in [0.4, 0.5) is 11.5 Å². The molecule has 4 heteroatoms. The van der Waals surface area contributed by atoms with Gasteiger partial charge in [0.1, 0.15) is 17.0 Å². The summed E-state index contributed by atoms with van der Waals surface area (Å²) in [7, 11) is 0. The summed E-state index contributed by atoms with van der Waals surface area (Å²) in [5, 5.41) is 4.59. The van der Waals surface area contributed by atoms with E-state index >= 15 is 0 Å². The van der Waals surface area contributed by atoms with Crippen molar-refractivity contribution in [1.82, 2.24) is 9.97 Å². The second kappa shape index (κ2) is 6.30. The van der Waals surface area contributed by atoms with Crippen molar-refractivity contribution in [3.05, 3.63) is 70.9 Å². The minimum absolute atomic E-state index is 0.858. The summed E-state index contributed by atoms with van der Waals surface area (Å²) >= 11 is 1.71. The van der Waals surface area contributed by atoms with Crippen molar-refractivity contribution in [1.29, 1.82) is 0 Å². The minimum atomic E-state index is 0.858. The lowest BCUT2D eigenvalue weighted by atomic mass is 10.0. The van der Waals surface area contributed by atoms with Crippen LogP contribution in [0.5, 0.6) is 0 Å². The van der Waals surface area contributed by atoms with Gasteiger partial charge in [0.2, 0.25) is 0 Å². The lowest BCUT2D eigenvalue weighted by Crippen LogP contribution is -1.96. The maximum absolute atomic E-state index is 4.54. The highest BCUT2D eigenvalue weighted by molar-refractivity contribution is 7.19. The van der Waals surface area contributed by atoms with Gasteiger partial charge in [0.15, 0.2) is 0 Å². The van der Waals surface area contributed by atoms with Crippen molar-refractivity contribution in [2.45, 2.75) is 20.8 Å². The van der Waals surface area contributed by atoms with Gasteiger partial charge in [-0.25, -0.2) is 9.97 Å². The van der Waals surface area contributed by atoms with Gasteiger partial charge in [-0.3, -0.25) is 0 Å². The number of hydrogen-bond acceptors (Lipinski definition) is 4. The minimum Gasteiger partial charge on any atom is -0.340 e. The number of fused-ring (bicyclic) bond motifs is 1. The number of aromatic nitrogens is 2. The van der Waals surface area contributed by atoms with Crippen molar-refractivity contribution in [3.63, 3.8) is 0 Å². The molecular weight excluding hydrogens is 326 g/mol. The molecule has 0 aliphatic heterocycles. The van der Waals surface area contributed by atoms with Crippen LogP contribution in [0.25, 0.3) is 21.3 Å². The number of anilines is 2. The normalized spacial score (nSPS) is 11.0. The van der Waals surface area contributed by atoms with Crippen LogP contribution in [-0.2, 0) is 0 Å². The van der Waals surface area contributed by atoms with Gasteiger partial charge in [0.05, 0.1) is 5.39 Å². The molecule has 4 rings (SSSR count). The standard InChI is InChI=1S/C21H19N3S/c1-13-9-10-17(11-14(13)2)24-20-19-18(16-7-5-4-6-8-16)15(3)25-21(19)23-12-22-20/h4-12H,1-3H3,(H,22,23,24). The van der Waals surface area contributed by atoms with E-state index in [9.17, 15) is 0 Å². The molecule has 0 amide bonds. The van der Waals surface area contributed by atoms with Crippen LogP contribution >= 0.6 is 11.3 Å². The van der Waals surface area contributed by atoms with Gasteiger partial charge >= 0.3 is 0 Å². The first kappa shape index (κ1) is 15.8. The summed E-state index contributed by atoms with van der Waals surface area (Å²) < 4.78 is 0. The highest BCUT2D eigenvalue weighted by Gasteiger charge is 2.16. The lowest BCUT2D eigenvalue weighted by molar-refractivity contribution is 1.23. The molecular formula is C21H19N3S. The summed E-state index contributed by atoms with van der Waals surface area (Å²) in [6, 6.07) is 16.8. The van der Waals surface area contributed by atoms with Gasteiger partial charge < -0.3 is 5.32 Å². The first-order valence-corrected chi connectivity index (χ1v) is 9.09. The second-order valence-electron chi connectivity index (χ2n) is 6.23. The summed E-state index contributed by atoms with van der Waals surface area (Å²) in [6.07, 6.45) is 1.64. The van der Waals surface area contributed by atoms with Crippen LogP contribution in [0.3, 0.4) is 0 Å². The van der Waals surface area contributed by atoms with Crippen molar-refractivity contribution in [2.75, 3.05) is 5.32 Å². The largest absolute Gasteiger partial charge is 0.340 e. The predicted octanol–water partition coefficient (Wildman–Crippen LogP) is 6.03. The molecule has 0 aliphatic carbocycles. The Balaban J connectivity index is 1.88. The molecule has 1 N–H and O–H groups in total. The molecule has 3 nitrogen and oxygen atoms in total. The van der Waals surface area contributed by atoms with Gasteiger partial charge in [-0.2, -0.15) is 0 Å². The van der Waals surface area contributed by atoms with E-state index in [2.05, 4.69) is 78.5 Å². The fourth-order valence-corrected chi connectivity index (χ4v) is 4.06. The number of thiophene rings is 1. The van der Waals surface area contributed by atoms with Gasteiger partial charge in [-0.05, 0) is 49.6 Å². The van der Waals surface area contributed by atoms with Crippen LogP contribution in [0.15, 0.2) is 54.9 Å².